The molecule has 0 atom stereocenters. The van der Waals surface area contributed by atoms with E-state index >= 15 is 0 Å². The molecule has 0 bridgehead atoms. The van der Waals surface area contributed by atoms with E-state index in [1.165, 1.54) is 25.5 Å². The Bertz CT molecular complexity index is 1480. The molecule has 5 nitrogen and oxygen atoms in total. The number of benzene rings is 2. The fourth-order valence-electron chi connectivity index (χ4n) is 4.03. The normalized spacial score (nSPS) is 10.9. The van der Waals surface area contributed by atoms with E-state index in [4.69, 9.17) is 10.1 Å². The Kier molecular flexibility index (Phi) is 8.81. The minimum atomic E-state index is -0.125. The minimum Gasteiger partial charge on any atom is -0.512 e. The number of carbonyl (C=O) groups excluding carboxylic acids is 1. The van der Waals surface area contributed by atoms with Gasteiger partial charge in [0, 0.05) is 56.4 Å². The molecule has 0 spiro atoms. The Morgan fingerprint density at radius 1 is 0.889 bits per heavy atom. The molecule has 185 valence electrons. The molecular formula is C30H28IrN3O2-. The van der Waals surface area contributed by atoms with Crippen LogP contribution >= 0.6 is 0 Å². The van der Waals surface area contributed by atoms with Crippen molar-refractivity contribution in [1.82, 2.24) is 14.1 Å². The predicted octanol–water partition coefficient (Wildman–Crippen LogP) is 6.93. The van der Waals surface area contributed by atoms with Crippen molar-refractivity contribution < 1.29 is 30.0 Å². The molecule has 36 heavy (non-hydrogen) atoms. The number of aryl methyl sites for hydroxylation is 2. The summed E-state index contributed by atoms with van der Waals surface area (Å²) in [5.41, 5.74) is 7.55. The first-order valence-corrected chi connectivity index (χ1v) is 11.4. The molecule has 1 radical (unpaired) electrons. The zero-order chi connectivity index (χ0) is 24.9. The predicted molar refractivity (Wildman–Crippen MR) is 141 cm³/mol. The fraction of sp³-hybridized carbons (Fsp3) is 0.133. The van der Waals surface area contributed by atoms with Gasteiger partial charge in [-0.1, -0.05) is 26.0 Å². The number of fused-ring (bicyclic) bond motifs is 1. The fourth-order valence-corrected chi connectivity index (χ4v) is 4.03. The zero-order valence-electron chi connectivity index (χ0n) is 20.7. The maximum atomic E-state index is 10.0. The first-order chi connectivity index (χ1) is 16.8. The Balaban J connectivity index is 0.000000400. The van der Waals surface area contributed by atoms with Crippen molar-refractivity contribution in [3.63, 3.8) is 0 Å². The molecule has 6 heteroatoms. The van der Waals surface area contributed by atoms with Crippen LogP contribution in [0.4, 0.5) is 0 Å². The van der Waals surface area contributed by atoms with Crippen molar-refractivity contribution in [3.05, 3.63) is 114 Å². The van der Waals surface area contributed by atoms with Gasteiger partial charge < -0.3 is 14.2 Å². The van der Waals surface area contributed by atoms with Crippen LogP contribution < -0.4 is 0 Å². The molecule has 0 saturated heterocycles. The maximum Gasteiger partial charge on any atom is 0.155 e. The standard InChI is InChI=1S/C25H20N3.C5H8O2.Ir/c1-18-13-19(2)15-21(14-18)22-8-7-20-16-24(27-9-3-4-10-27)25(17-23(20)26-22)28-11-5-6-12-28;1-4(6)3-5(2)7;/h3-14,16-17H,1-2H3;3,6H,1-2H3;/q-1;;/b;4-3-;. The molecule has 0 amide bonds. The molecule has 0 aliphatic carbocycles. The summed E-state index contributed by atoms with van der Waals surface area (Å²) < 4.78 is 4.27. The van der Waals surface area contributed by atoms with Crippen molar-refractivity contribution in [2.24, 2.45) is 0 Å². The smallest absolute Gasteiger partial charge is 0.155 e. The number of hydrogen-bond acceptors (Lipinski definition) is 3. The second-order valence-corrected chi connectivity index (χ2v) is 8.56. The number of rotatable bonds is 4. The summed E-state index contributed by atoms with van der Waals surface area (Å²) in [5.74, 6) is -0.0625. The second kappa shape index (κ2) is 11.8. The van der Waals surface area contributed by atoms with Crippen LogP contribution in [0.3, 0.4) is 0 Å². The van der Waals surface area contributed by atoms with Crippen molar-refractivity contribution in [1.29, 1.82) is 0 Å². The number of aliphatic hydroxyl groups excluding tert-OH is 1. The van der Waals surface area contributed by atoms with Crippen LogP contribution in [-0.4, -0.2) is 25.0 Å². The van der Waals surface area contributed by atoms with Gasteiger partial charge in [-0.25, -0.2) is 0 Å². The van der Waals surface area contributed by atoms with Crippen LogP contribution in [0.1, 0.15) is 25.0 Å². The summed E-state index contributed by atoms with van der Waals surface area (Å²) in [6.45, 7) is 7.03. The van der Waals surface area contributed by atoms with E-state index in [1.54, 1.807) is 0 Å². The first kappa shape index (κ1) is 26.9. The number of aliphatic hydroxyl groups is 1. The Morgan fingerprint density at radius 2 is 1.47 bits per heavy atom. The molecule has 2 aromatic carbocycles. The van der Waals surface area contributed by atoms with Gasteiger partial charge >= 0.3 is 0 Å². The van der Waals surface area contributed by atoms with Gasteiger partial charge in [0.15, 0.2) is 5.78 Å². The van der Waals surface area contributed by atoms with Crippen LogP contribution in [0.25, 0.3) is 33.5 Å². The third-order valence-corrected chi connectivity index (χ3v) is 5.39. The summed E-state index contributed by atoms with van der Waals surface area (Å²) in [6.07, 6.45) is 9.44. The topological polar surface area (TPSA) is 60.0 Å². The number of allylic oxidation sites excluding steroid dienone is 2. The van der Waals surface area contributed by atoms with Crippen LogP contribution in [0, 0.1) is 19.9 Å². The Hall–Kier alpha value is -3.73. The van der Waals surface area contributed by atoms with Gasteiger partial charge in [0.05, 0.1) is 22.7 Å². The SMILES string of the molecule is CC(=O)/C=C(/C)O.Cc1[c-]c(-c2ccc3cc(-n4cccc4)c(-n4cccc4)cc3n2)cc(C)c1.[Ir]. The summed E-state index contributed by atoms with van der Waals surface area (Å²) in [6, 6.07) is 24.5. The maximum absolute atomic E-state index is 10.0. The van der Waals surface area contributed by atoms with E-state index < -0.39 is 0 Å². The van der Waals surface area contributed by atoms with Crippen molar-refractivity contribution in [2.75, 3.05) is 0 Å². The molecule has 0 fully saturated rings. The van der Waals surface area contributed by atoms with Gasteiger partial charge in [0.25, 0.3) is 0 Å². The van der Waals surface area contributed by atoms with E-state index in [0.29, 0.717) is 0 Å². The van der Waals surface area contributed by atoms with E-state index in [9.17, 15) is 4.79 Å². The molecule has 0 aliphatic heterocycles. The van der Waals surface area contributed by atoms with Crippen LogP contribution in [0.15, 0.2) is 97.3 Å². The number of carbonyl (C=O) groups is 1. The Morgan fingerprint density at radius 3 is 1.97 bits per heavy atom. The van der Waals surface area contributed by atoms with Crippen LogP contribution in [0.5, 0.6) is 0 Å². The summed E-state index contributed by atoms with van der Waals surface area (Å²) in [5, 5.41) is 9.48. The molecule has 0 aliphatic rings. The zero-order valence-corrected chi connectivity index (χ0v) is 23.1. The largest absolute Gasteiger partial charge is 0.512 e. The molecule has 3 heterocycles. The molecule has 5 rings (SSSR count). The molecule has 3 aromatic heterocycles. The van der Waals surface area contributed by atoms with Crippen molar-refractivity contribution in [3.8, 4) is 22.6 Å². The minimum absolute atomic E-state index is 0. The summed E-state index contributed by atoms with van der Waals surface area (Å²) in [7, 11) is 0. The van der Waals surface area contributed by atoms with Crippen LogP contribution in [0.2, 0.25) is 0 Å². The van der Waals surface area contributed by atoms with Gasteiger partial charge in [-0.3, -0.25) is 9.78 Å². The van der Waals surface area contributed by atoms with Crippen molar-refractivity contribution >= 4 is 16.7 Å². The van der Waals surface area contributed by atoms with Gasteiger partial charge in [-0.15, -0.1) is 34.9 Å². The van der Waals surface area contributed by atoms with Gasteiger partial charge in [0.2, 0.25) is 0 Å². The average Bonchev–Trinajstić information content (AvgIpc) is 3.51. The Labute approximate surface area is 225 Å². The van der Waals surface area contributed by atoms with E-state index in [2.05, 4.69) is 90.2 Å². The van der Waals surface area contributed by atoms with E-state index in [0.717, 1.165) is 39.1 Å². The third kappa shape index (κ3) is 6.48. The number of pyridine rings is 1. The average molecular weight is 655 g/mol. The molecule has 5 aromatic rings. The van der Waals surface area contributed by atoms with Crippen molar-refractivity contribution in [2.45, 2.75) is 27.7 Å². The quantitative estimate of drug-likeness (QED) is 0.130. The second-order valence-electron chi connectivity index (χ2n) is 8.56. The monoisotopic (exact) mass is 655 g/mol. The van der Waals surface area contributed by atoms with Gasteiger partial charge in [0.1, 0.15) is 0 Å². The molecule has 1 N–H and O–H groups in total. The number of hydrogen-bond donors (Lipinski definition) is 1. The van der Waals surface area contributed by atoms with Gasteiger partial charge in [-0.2, -0.15) is 0 Å². The summed E-state index contributed by atoms with van der Waals surface area (Å²) >= 11 is 0. The molecule has 0 saturated carbocycles. The number of nitrogens with zero attached hydrogens (tertiary/aromatic N) is 3. The molecular weight excluding hydrogens is 627 g/mol. The molecule has 0 unspecified atom stereocenters. The van der Waals surface area contributed by atoms with E-state index in [-0.39, 0.29) is 31.6 Å². The van der Waals surface area contributed by atoms with E-state index in [1.807, 2.05) is 24.3 Å². The number of ketones is 1. The summed E-state index contributed by atoms with van der Waals surface area (Å²) in [4.78, 5) is 15.0. The third-order valence-electron chi connectivity index (χ3n) is 5.39. The first-order valence-electron chi connectivity index (χ1n) is 11.4. The van der Waals surface area contributed by atoms with Gasteiger partial charge in [-0.05, 0) is 55.9 Å². The van der Waals surface area contributed by atoms with Crippen LogP contribution in [-0.2, 0) is 24.9 Å². The number of aromatic nitrogens is 3.